The van der Waals surface area contributed by atoms with Crippen molar-refractivity contribution < 1.29 is 13.2 Å². The van der Waals surface area contributed by atoms with E-state index in [1.54, 1.807) is 19.0 Å². The van der Waals surface area contributed by atoms with Crippen LogP contribution in [0.15, 0.2) is 4.90 Å². The summed E-state index contributed by atoms with van der Waals surface area (Å²) < 4.78 is 28.7. The van der Waals surface area contributed by atoms with Crippen LogP contribution in [0, 0.1) is 34.6 Å². The molecule has 6 nitrogen and oxygen atoms in total. The lowest BCUT2D eigenvalue weighted by Crippen LogP contribution is -2.43. The Morgan fingerprint density at radius 2 is 1.57 bits per heavy atom. The number of nitrogens with one attached hydrogen (secondary N) is 1. The number of likely N-dealkylation sites (N-methyl/N-ethyl adjacent to an activating group) is 1. The highest BCUT2D eigenvalue weighted by Crippen LogP contribution is 2.29. The average Bonchev–Trinajstić information content (AvgIpc) is 3.09. The molecule has 1 aromatic rings. The second kappa shape index (κ2) is 8.93. The lowest BCUT2D eigenvalue weighted by molar-refractivity contribution is -0.133. The second-order valence-corrected chi connectivity index (χ2v) is 9.84. The van der Waals surface area contributed by atoms with Crippen molar-refractivity contribution in [1.82, 2.24) is 14.5 Å². The van der Waals surface area contributed by atoms with E-state index >= 15 is 0 Å². The molecule has 0 radical (unpaired) electrons. The number of sulfonamides is 1. The monoisotopic (exact) mass is 409 g/mol. The van der Waals surface area contributed by atoms with Crippen LogP contribution in [0.5, 0.6) is 0 Å². The number of carbonyl (C=O) groups excluding carboxylic acids is 1. The van der Waals surface area contributed by atoms with E-state index in [0.29, 0.717) is 17.9 Å². The molecule has 1 atom stereocenters. The van der Waals surface area contributed by atoms with Gasteiger partial charge in [0, 0.05) is 27.2 Å². The number of carbonyl (C=O) groups is 1. The Balaban J connectivity index is 2.03. The number of hydrogen-bond acceptors (Lipinski definition) is 4. The predicted molar refractivity (Wildman–Crippen MR) is 113 cm³/mol. The first-order valence-corrected chi connectivity index (χ1v) is 11.5. The molecule has 0 bridgehead atoms. The van der Waals surface area contributed by atoms with Crippen LogP contribution in [-0.4, -0.2) is 63.9 Å². The summed E-state index contributed by atoms with van der Waals surface area (Å²) in [6.45, 7) is 11.7. The van der Waals surface area contributed by atoms with Gasteiger partial charge in [0.15, 0.2) is 0 Å². The van der Waals surface area contributed by atoms with Gasteiger partial charge in [0.25, 0.3) is 0 Å². The van der Waals surface area contributed by atoms with Gasteiger partial charge < -0.3 is 4.90 Å². The average molecular weight is 410 g/mol. The van der Waals surface area contributed by atoms with Gasteiger partial charge in [-0.25, -0.2) is 13.1 Å². The highest BCUT2D eigenvalue weighted by molar-refractivity contribution is 7.89. The van der Waals surface area contributed by atoms with Gasteiger partial charge in [-0.1, -0.05) is 0 Å². The van der Waals surface area contributed by atoms with Crippen molar-refractivity contribution >= 4 is 15.9 Å². The number of benzene rings is 1. The summed E-state index contributed by atoms with van der Waals surface area (Å²) in [5.74, 6) is 0.134. The summed E-state index contributed by atoms with van der Waals surface area (Å²) in [4.78, 5) is 16.5. The number of amides is 1. The molecule has 0 spiro atoms. The largest absolute Gasteiger partial charge is 0.347 e. The van der Waals surface area contributed by atoms with E-state index in [1.165, 1.54) is 0 Å². The number of nitrogens with zero attached hydrogens (tertiary/aromatic N) is 2. The van der Waals surface area contributed by atoms with E-state index in [9.17, 15) is 13.2 Å². The smallest absolute Gasteiger partial charge is 0.241 e. The molecule has 1 aromatic carbocycles. The molecule has 28 heavy (non-hydrogen) atoms. The molecule has 2 rings (SSSR count). The Bertz CT molecular complexity index is 818. The third kappa shape index (κ3) is 4.58. The Morgan fingerprint density at radius 1 is 1.04 bits per heavy atom. The highest BCUT2D eigenvalue weighted by Gasteiger charge is 2.31. The van der Waals surface area contributed by atoms with Crippen molar-refractivity contribution in [1.29, 1.82) is 0 Å². The van der Waals surface area contributed by atoms with Gasteiger partial charge in [-0.2, -0.15) is 0 Å². The van der Waals surface area contributed by atoms with Crippen LogP contribution in [0.3, 0.4) is 0 Å². The highest BCUT2D eigenvalue weighted by atomic mass is 32.2. The van der Waals surface area contributed by atoms with Crippen LogP contribution in [0.1, 0.15) is 47.1 Å². The third-order valence-electron chi connectivity index (χ3n) is 6.20. The van der Waals surface area contributed by atoms with Gasteiger partial charge in [0.1, 0.15) is 0 Å². The van der Waals surface area contributed by atoms with Gasteiger partial charge in [0.2, 0.25) is 15.9 Å². The summed E-state index contributed by atoms with van der Waals surface area (Å²) in [6.07, 6.45) is 2.57. The molecule has 1 aliphatic rings. The van der Waals surface area contributed by atoms with E-state index in [0.717, 1.165) is 53.7 Å². The summed E-state index contributed by atoms with van der Waals surface area (Å²) in [6, 6.07) is -0.0708. The van der Waals surface area contributed by atoms with Crippen LogP contribution in [0.4, 0.5) is 0 Å². The fraction of sp³-hybridized carbons (Fsp3) is 0.667. The zero-order chi connectivity index (χ0) is 21.2. The first kappa shape index (κ1) is 22.8. The molecule has 0 saturated carbocycles. The normalized spacial score (nSPS) is 17.9. The minimum absolute atomic E-state index is 0.0708. The maximum atomic E-state index is 13.0. The van der Waals surface area contributed by atoms with Crippen molar-refractivity contribution in [3.05, 3.63) is 27.8 Å². The molecular formula is C21H35N3O3S. The first-order chi connectivity index (χ1) is 13.0. The molecule has 1 saturated heterocycles. The van der Waals surface area contributed by atoms with E-state index in [4.69, 9.17) is 0 Å². The Labute approximate surface area is 170 Å². The van der Waals surface area contributed by atoms with Crippen molar-refractivity contribution in [3.63, 3.8) is 0 Å². The topological polar surface area (TPSA) is 69.7 Å². The van der Waals surface area contributed by atoms with Crippen molar-refractivity contribution in [2.45, 2.75) is 64.8 Å². The molecule has 7 heteroatoms. The molecule has 1 amide bonds. The number of likely N-dealkylation sites (tertiary alicyclic amines) is 1. The van der Waals surface area contributed by atoms with Crippen LogP contribution in [0.2, 0.25) is 0 Å². The Hall–Kier alpha value is -1.44. The lowest BCUT2D eigenvalue weighted by atomic mass is 9.95. The maximum absolute atomic E-state index is 13.0. The summed E-state index contributed by atoms with van der Waals surface area (Å²) in [5.41, 5.74) is 4.87. The van der Waals surface area contributed by atoms with Gasteiger partial charge in [-0.3, -0.25) is 9.69 Å². The zero-order valence-corrected chi connectivity index (χ0v) is 19.2. The SMILES string of the molecule is Cc1c(C)c(C)c(S(=O)(=O)NCCCN2CCCC2C(=O)N(C)C)c(C)c1C. The second-order valence-electron chi connectivity index (χ2n) is 8.13. The van der Waals surface area contributed by atoms with Crippen LogP contribution in [-0.2, 0) is 14.8 Å². The molecule has 1 N–H and O–H groups in total. The Kier molecular flexibility index (Phi) is 7.28. The Morgan fingerprint density at radius 3 is 2.11 bits per heavy atom. The fourth-order valence-electron chi connectivity index (χ4n) is 4.10. The fourth-order valence-corrected chi connectivity index (χ4v) is 5.77. The van der Waals surface area contributed by atoms with Crippen LogP contribution < -0.4 is 4.72 Å². The van der Waals surface area contributed by atoms with Gasteiger partial charge >= 0.3 is 0 Å². The van der Waals surface area contributed by atoms with Gasteiger partial charge in [0.05, 0.1) is 10.9 Å². The predicted octanol–water partition coefficient (Wildman–Crippen LogP) is 2.45. The van der Waals surface area contributed by atoms with E-state index in [-0.39, 0.29) is 11.9 Å². The maximum Gasteiger partial charge on any atom is 0.241 e. The molecule has 1 aliphatic heterocycles. The van der Waals surface area contributed by atoms with Crippen molar-refractivity contribution in [3.8, 4) is 0 Å². The van der Waals surface area contributed by atoms with Gasteiger partial charge in [-0.05, 0) is 88.2 Å². The summed E-state index contributed by atoms with van der Waals surface area (Å²) in [7, 11) is -0.00426. The standard InChI is InChI=1S/C21H35N3O3S/c1-14-15(2)17(4)20(18(5)16(14)3)28(26,27)22-11-9-13-24-12-8-10-19(24)21(25)23(6)7/h19,22H,8-13H2,1-7H3. The lowest BCUT2D eigenvalue weighted by Gasteiger charge is -2.26. The van der Waals surface area contributed by atoms with E-state index in [2.05, 4.69) is 9.62 Å². The van der Waals surface area contributed by atoms with Crippen LogP contribution >= 0.6 is 0 Å². The quantitative estimate of drug-likeness (QED) is 0.703. The molecule has 1 unspecified atom stereocenters. The molecule has 1 fully saturated rings. The molecule has 158 valence electrons. The number of rotatable bonds is 7. The van der Waals surface area contributed by atoms with Crippen molar-refractivity contribution in [2.75, 3.05) is 33.7 Å². The molecular weight excluding hydrogens is 374 g/mol. The van der Waals surface area contributed by atoms with Gasteiger partial charge in [-0.15, -0.1) is 0 Å². The van der Waals surface area contributed by atoms with Crippen LogP contribution in [0.25, 0.3) is 0 Å². The van der Waals surface area contributed by atoms with E-state index in [1.807, 2.05) is 34.6 Å². The molecule has 1 heterocycles. The summed E-state index contributed by atoms with van der Waals surface area (Å²) >= 11 is 0. The minimum atomic E-state index is -3.57. The summed E-state index contributed by atoms with van der Waals surface area (Å²) in [5, 5.41) is 0. The minimum Gasteiger partial charge on any atom is -0.347 e. The van der Waals surface area contributed by atoms with E-state index < -0.39 is 10.0 Å². The molecule has 0 aliphatic carbocycles. The third-order valence-corrected chi connectivity index (χ3v) is 7.94. The molecule has 0 aromatic heterocycles. The zero-order valence-electron chi connectivity index (χ0n) is 18.3. The first-order valence-electron chi connectivity index (χ1n) is 10.0. The number of hydrogen-bond donors (Lipinski definition) is 1. The van der Waals surface area contributed by atoms with Crippen molar-refractivity contribution in [2.24, 2.45) is 0 Å².